The SMILES string of the molecule is CN1C(=O)CCc2cc(-c3cccc(Cl)c3-c3ccc4c(=O)n(-c5cncc6ccccc56)c(=O)[nH]c4c3)ccc21. The molecule has 3 heterocycles. The molecule has 1 amide bonds. The lowest BCUT2D eigenvalue weighted by Crippen LogP contribution is -2.33. The number of anilines is 1. The number of rotatable bonds is 3. The molecule has 200 valence electrons. The molecule has 0 aliphatic carbocycles. The molecule has 8 heteroatoms. The number of carbonyl (C=O) groups is 1. The van der Waals surface area contributed by atoms with E-state index in [-0.39, 0.29) is 5.91 Å². The number of nitrogens with one attached hydrogen (secondary N) is 1. The number of carbonyl (C=O) groups excluding carboxylic acids is 1. The summed E-state index contributed by atoms with van der Waals surface area (Å²) in [5, 5.41) is 2.51. The zero-order chi connectivity index (χ0) is 28.2. The molecular weight excluding hydrogens is 536 g/mol. The second-order valence-corrected chi connectivity index (χ2v) is 10.6. The number of aryl methyl sites for hydroxylation is 1. The number of amides is 1. The molecule has 1 aliphatic rings. The lowest BCUT2D eigenvalue weighted by Gasteiger charge is -2.26. The molecule has 0 saturated heterocycles. The zero-order valence-electron chi connectivity index (χ0n) is 22.0. The van der Waals surface area contributed by atoms with Crippen LogP contribution in [0.2, 0.25) is 5.02 Å². The molecule has 1 N–H and O–H groups in total. The van der Waals surface area contributed by atoms with Crippen LogP contribution in [0.5, 0.6) is 0 Å². The highest BCUT2D eigenvalue weighted by atomic mass is 35.5. The summed E-state index contributed by atoms with van der Waals surface area (Å²) in [7, 11) is 1.80. The third-order valence-corrected chi connectivity index (χ3v) is 8.14. The highest BCUT2D eigenvalue weighted by molar-refractivity contribution is 6.34. The Morgan fingerprint density at radius 2 is 1.63 bits per heavy atom. The summed E-state index contributed by atoms with van der Waals surface area (Å²) >= 11 is 6.78. The third kappa shape index (κ3) is 4.05. The smallest absolute Gasteiger partial charge is 0.315 e. The quantitative estimate of drug-likeness (QED) is 0.283. The number of nitrogens with zero attached hydrogens (tertiary/aromatic N) is 3. The summed E-state index contributed by atoms with van der Waals surface area (Å²) in [5.41, 5.74) is 5.31. The van der Waals surface area contributed by atoms with E-state index in [1.807, 2.05) is 60.7 Å². The van der Waals surface area contributed by atoms with E-state index in [4.69, 9.17) is 11.6 Å². The maximum Gasteiger partial charge on any atom is 0.333 e. The van der Waals surface area contributed by atoms with E-state index in [1.54, 1.807) is 30.3 Å². The summed E-state index contributed by atoms with van der Waals surface area (Å²) < 4.78 is 1.13. The first-order valence-electron chi connectivity index (χ1n) is 13.2. The van der Waals surface area contributed by atoms with Crippen molar-refractivity contribution >= 4 is 44.9 Å². The number of pyridine rings is 1. The summed E-state index contributed by atoms with van der Waals surface area (Å²) in [6.45, 7) is 0. The first-order chi connectivity index (χ1) is 19.9. The summed E-state index contributed by atoms with van der Waals surface area (Å²) in [6.07, 6.45) is 4.38. The normalized spacial score (nSPS) is 13.1. The Hall–Kier alpha value is -5.01. The number of aromatic amines is 1. The van der Waals surface area contributed by atoms with Gasteiger partial charge in [-0.15, -0.1) is 0 Å². The van der Waals surface area contributed by atoms with E-state index in [2.05, 4.69) is 16.0 Å². The van der Waals surface area contributed by atoms with Crippen LogP contribution < -0.4 is 16.1 Å². The molecule has 0 atom stereocenters. The Morgan fingerprint density at radius 1 is 0.805 bits per heavy atom. The van der Waals surface area contributed by atoms with Gasteiger partial charge in [0.25, 0.3) is 5.56 Å². The minimum Gasteiger partial charge on any atom is -0.315 e. The second-order valence-electron chi connectivity index (χ2n) is 10.2. The van der Waals surface area contributed by atoms with Crippen molar-refractivity contribution in [3.8, 4) is 27.9 Å². The fraction of sp³-hybridized carbons (Fsp3) is 0.0909. The molecule has 6 aromatic rings. The topological polar surface area (TPSA) is 88.1 Å². The van der Waals surface area contributed by atoms with Gasteiger partial charge in [-0.05, 0) is 59.0 Å². The maximum absolute atomic E-state index is 13.6. The largest absolute Gasteiger partial charge is 0.333 e. The fourth-order valence-corrected chi connectivity index (χ4v) is 6.04. The van der Waals surface area contributed by atoms with Gasteiger partial charge in [0.15, 0.2) is 0 Å². The molecule has 4 aromatic carbocycles. The number of aromatic nitrogens is 3. The molecule has 41 heavy (non-hydrogen) atoms. The van der Waals surface area contributed by atoms with Crippen molar-refractivity contribution in [2.45, 2.75) is 12.8 Å². The molecular formula is C33H23ClN4O3. The zero-order valence-corrected chi connectivity index (χ0v) is 22.8. The summed E-state index contributed by atoms with van der Waals surface area (Å²) in [4.78, 5) is 48.0. The van der Waals surface area contributed by atoms with E-state index < -0.39 is 11.2 Å². The van der Waals surface area contributed by atoms with Crippen molar-refractivity contribution in [2.24, 2.45) is 0 Å². The lowest BCUT2D eigenvalue weighted by molar-refractivity contribution is -0.118. The molecule has 2 aromatic heterocycles. The van der Waals surface area contributed by atoms with Crippen LogP contribution in [0, 0.1) is 0 Å². The number of hydrogen-bond donors (Lipinski definition) is 1. The average molecular weight is 559 g/mol. The molecule has 0 bridgehead atoms. The molecule has 0 fully saturated rings. The van der Waals surface area contributed by atoms with Gasteiger partial charge in [-0.1, -0.05) is 60.1 Å². The Morgan fingerprint density at radius 3 is 2.51 bits per heavy atom. The van der Waals surface area contributed by atoms with Gasteiger partial charge in [-0.3, -0.25) is 14.6 Å². The number of H-pyrrole nitrogens is 1. The van der Waals surface area contributed by atoms with E-state index in [9.17, 15) is 14.4 Å². The Balaban J connectivity index is 1.38. The van der Waals surface area contributed by atoms with Gasteiger partial charge in [0.05, 0.1) is 22.8 Å². The van der Waals surface area contributed by atoms with Crippen molar-refractivity contribution < 1.29 is 4.79 Å². The fourth-order valence-electron chi connectivity index (χ4n) is 5.75. The Kier molecular flexibility index (Phi) is 5.83. The number of benzene rings is 4. The predicted molar refractivity (Wildman–Crippen MR) is 163 cm³/mol. The van der Waals surface area contributed by atoms with Crippen LogP contribution in [0.25, 0.3) is 49.6 Å². The molecule has 7 nitrogen and oxygen atoms in total. The highest BCUT2D eigenvalue weighted by Crippen LogP contribution is 2.40. The Labute approximate surface area is 239 Å². The van der Waals surface area contributed by atoms with Crippen LogP contribution in [0.4, 0.5) is 5.69 Å². The molecule has 7 rings (SSSR count). The van der Waals surface area contributed by atoms with Gasteiger partial charge in [0.1, 0.15) is 0 Å². The van der Waals surface area contributed by atoms with Crippen molar-refractivity contribution in [3.05, 3.63) is 123 Å². The predicted octanol–water partition coefficient (Wildman–Crippen LogP) is 6.12. The number of hydrogen-bond acceptors (Lipinski definition) is 4. The third-order valence-electron chi connectivity index (χ3n) is 7.82. The lowest BCUT2D eigenvalue weighted by atomic mass is 9.91. The minimum atomic E-state index is -0.550. The minimum absolute atomic E-state index is 0.106. The van der Waals surface area contributed by atoms with E-state index in [0.717, 1.165) is 48.8 Å². The van der Waals surface area contributed by atoms with Crippen molar-refractivity contribution in [3.63, 3.8) is 0 Å². The van der Waals surface area contributed by atoms with Crippen LogP contribution >= 0.6 is 11.6 Å². The van der Waals surface area contributed by atoms with Crippen molar-refractivity contribution in [1.29, 1.82) is 0 Å². The van der Waals surface area contributed by atoms with Gasteiger partial charge < -0.3 is 9.88 Å². The van der Waals surface area contributed by atoms with Gasteiger partial charge in [0.2, 0.25) is 5.91 Å². The summed E-state index contributed by atoms with van der Waals surface area (Å²) in [6, 6.07) is 24.6. The van der Waals surface area contributed by atoms with Crippen LogP contribution in [-0.4, -0.2) is 27.5 Å². The first-order valence-corrected chi connectivity index (χ1v) is 13.6. The molecule has 0 radical (unpaired) electrons. The van der Waals surface area contributed by atoms with Gasteiger partial charge in [-0.25, -0.2) is 9.36 Å². The molecule has 0 unspecified atom stereocenters. The standard InChI is InChI=1S/C33H23ClN4O3/c1-37-28-13-10-19(15-20(28)11-14-30(37)39)24-7-4-8-26(34)31(24)21-9-12-25-27(16-21)36-33(41)38(32(25)40)29-18-35-17-22-5-2-3-6-23(22)29/h2-10,12-13,15-18H,11,14H2,1H3,(H,36,41). The maximum atomic E-state index is 13.6. The van der Waals surface area contributed by atoms with E-state index >= 15 is 0 Å². The van der Waals surface area contributed by atoms with Crippen LogP contribution in [0.3, 0.4) is 0 Å². The average Bonchev–Trinajstić information content (AvgIpc) is 2.98. The van der Waals surface area contributed by atoms with E-state index in [1.165, 1.54) is 6.20 Å². The monoisotopic (exact) mass is 558 g/mol. The van der Waals surface area contributed by atoms with Crippen molar-refractivity contribution in [2.75, 3.05) is 11.9 Å². The van der Waals surface area contributed by atoms with Gasteiger partial charge in [0, 0.05) is 46.7 Å². The second kappa shape index (κ2) is 9.57. The van der Waals surface area contributed by atoms with Crippen LogP contribution in [0.1, 0.15) is 12.0 Å². The van der Waals surface area contributed by atoms with Gasteiger partial charge in [-0.2, -0.15) is 0 Å². The molecule has 1 aliphatic heterocycles. The van der Waals surface area contributed by atoms with Crippen LogP contribution in [-0.2, 0) is 11.2 Å². The van der Waals surface area contributed by atoms with Crippen LogP contribution in [0.15, 0.2) is 101 Å². The Bertz CT molecular complexity index is 2160. The molecule has 0 saturated carbocycles. The first kappa shape index (κ1) is 25.0. The molecule has 0 spiro atoms. The van der Waals surface area contributed by atoms with Gasteiger partial charge >= 0.3 is 5.69 Å². The number of halogens is 1. The van der Waals surface area contributed by atoms with Crippen molar-refractivity contribution in [1.82, 2.24) is 14.5 Å². The van der Waals surface area contributed by atoms with E-state index in [0.29, 0.717) is 34.5 Å². The summed E-state index contributed by atoms with van der Waals surface area (Å²) in [5.74, 6) is 0.106. The number of fused-ring (bicyclic) bond motifs is 3. The highest BCUT2D eigenvalue weighted by Gasteiger charge is 2.22.